The Kier molecular flexibility index (Phi) is 5.61. The number of fused-ring (bicyclic) bond motifs is 1. The first-order chi connectivity index (χ1) is 13.1. The fourth-order valence-corrected chi connectivity index (χ4v) is 2.78. The van der Waals surface area contributed by atoms with E-state index in [9.17, 15) is 19.2 Å². The van der Waals surface area contributed by atoms with Gasteiger partial charge in [-0.1, -0.05) is 42.5 Å². The van der Waals surface area contributed by atoms with Crippen molar-refractivity contribution in [2.24, 2.45) is 0 Å². The van der Waals surface area contributed by atoms with Gasteiger partial charge < -0.3 is 10.6 Å². The third-order valence-electron chi connectivity index (χ3n) is 4.22. The predicted molar refractivity (Wildman–Crippen MR) is 97.7 cm³/mol. The van der Waals surface area contributed by atoms with Gasteiger partial charge in [-0.15, -0.1) is 0 Å². The van der Waals surface area contributed by atoms with E-state index in [-0.39, 0.29) is 25.4 Å². The highest BCUT2D eigenvalue weighted by Crippen LogP contribution is 2.22. The first-order valence-electron chi connectivity index (χ1n) is 8.59. The fraction of sp³-hybridized carbons (Fsp3) is 0.200. The van der Waals surface area contributed by atoms with Crippen molar-refractivity contribution in [3.8, 4) is 0 Å². The molecule has 0 unspecified atom stereocenters. The Morgan fingerprint density at radius 3 is 2.00 bits per heavy atom. The molecular weight excluding hydrogens is 346 g/mol. The summed E-state index contributed by atoms with van der Waals surface area (Å²) in [5.41, 5.74) is 1.66. The molecule has 7 heteroatoms. The molecule has 0 saturated carbocycles. The zero-order valence-electron chi connectivity index (χ0n) is 14.6. The number of hydrogen-bond acceptors (Lipinski definition) is 4. The Hall–Kier alpha value is -3.48. The van der Waals surface area contributed by atoms with Crippen LogP contribution in [0.2, 0.25) is 0 Å². The highest BCUT2D eigenvalue weighted by Gasteiger charge is 2.34. The van der Waals surface area contributed by atoms with Gasteiger partial charge in [-0.25, -0.2) is 0 Å². The van der Waals surface area contributed by atoms with E-state index >= 15 is 0 Å². The Morgan fingerprint density at radius 2 is 1.37 bits per heavy atom. The molecule has 0 aliphatic carbocycles. The summed E-state index contributed by atoms with van der Waals surface area (Å²) in [4.78, 5) is 49.2. The average molecular weight is 365 g/mol. The lowest BCUT2D eigenvalue weighted by Crippen LogP contribution is -2.39. The molecule has 27 heavy (non-hydrogen) atoms. The lowest BCUT2D eigenvalue weighted by Gasteiger charge is -2.13. The number of carbonyl (C=O) groups is 4. The molecule has 1 aliphatic rings. The maximum Gasteiger partial charge on any atom is 0.261 e. The maximum atomic E-state index is 12.2. The molecule has 0 aromatic heterocycles. The van der Waals surface area contributed by atoms with Crippen molar-refractivity contribution >= 4 is 23.6 Å². The van der Waals surface area contributed by atoms with Gasteiger partial charge in [0.25, 0.3) is 11.8 Å². The lowest BCUT2D eigenvalue weighted by atomic mass is 10.1. The van der Waals surface area contributed by atoms with E-state index in [1.807, 2.05) is 30.3 Å². The highest BCUT2D eigenvalue weighted by atomic mass is 16.2. The van der Waals surface area contributed by atoms with Crippen LogP contribution < -0.4 is 10.6 Å². The summed E-state index contributed by atoms with van der Waals surface area (Å²) in [7, 11) is 0. The van der Waals surface area contributed by atoms with Crippen LogP contribution in [0.15, 0.2) is 54.6 Å². The third kappa shape index (κ3) is 4.38. The van der Waals surface area contributed by atoms with Crippen LogP contribution >= 0.6 is 0 Å². The van der Waals surface area contributed by atoms with Crippen LogP contribution in [0.1, 0.15) is 32.7 Å². The summed E-state index contributed by atoms with van der Waals surface area (Å²) >= 11 is 0. The zero-order valence-corrected chi connectivity index (χ0v) is 14.6. The summed E-state index contributed by atoms with van der Waals surface area (Å²) in [5.74, 6) is -1.51. The molecule has 0 saturated heterocycles. The minimum Gasteiger partial charge on any atom is -0.350 e. The molecule has 7 nitrogen and oxygen atoms in total. The largest absolute Gasteiger partial charge is 0.350 e. The zero-order chi connectivity index (χ0) is 19.2. The van der Waals surface area contributed by atoms with E-state index < -0.39 is 17.7 Å². The van der Waals surface area contributed by atoms with Gasteiger partial charge in [-0.05, 0) is 17.7 Å². The van der Waals surface area contributed by atoms with Crippen LogP contribution in [0.4, 0.5) is 0 Å². The Labute approximate surface area is 156 Å². The number of rotatable bonds is 7. The number of carbonyl (C=O) groups excluding carboxylic acids is 4. The van der Waals surface area contributed by atoms with Gasteiger partial charge in [-0.2, -0.15) is 0 Å². The van der Waals surface area contributed by atoms with Crippen molar-refractivity contribution in [1.82, 2.24) is 15.5 Å². The van der Waals surface area contributed by atoms with Crippen LogP contribution in [-0.2, 0) is 16.1 Å². The lowest BCUT2D eigenvalue weighted by molar-refractivity contribution is -0.126. The number of hydrogen-bond donors (Lipinski definition) is 2. The molecule has 0 atom stereocenters. The molecule has 0 radical (unpaired) electrons. The Balaban J connectivity index is 1.41. The van der Waals surface area contributed by atoms with Crippen LogP contribution in [0.25, 0.3) is 0 Å². The number of nitrogens with one attached hydrogen (secondary N) is 2. The normalized spacial score (nSPS) is 12.7. The van der Waals surface area contributed by atoms with E-state index in [1.54, 1.807) is 24.3 Å². The number of imide groups is 1. The summed E-state index contributed by atoms with van der Waals surface area (Å²) < 4.78 is 0. The molecule has 0 fully saturated rings. The first-order valence-corrected chi connectivity index (χ1v) is 8.59. The minimum absolute atomic E-state index is 0.0240. The second-order valence-corrected chi connectivity index (χ2v) is 6.10. The molecular formula is C20H19N3O4. The van der Waals surface area contributed by atoms with E-state index in [0.717, 1.165) is 10.5 Å². The van der Waals surface area contributed by atoms with Crippen LogP contribution in [0.3, 0.4) is 0 Å². The van der Waals surface area contributed by atoms with Gasteiger partial charge in [-0.3, -0.25) is 24.1 Å². The average Bonchev–Trinajstić information content (AvgIpc) is 2.94. The number of nitrogens with zero attached hydrogens (tertiary/aromatic N) is 1. The molecule has 2 aromatic carbocycles. The molecule has 0 bridgehead atoms. The maximum absolute atomic E-state index is 12.2. The quantitative estimate of drug-likeness (QED) is 0.719. The molecule has 2 N–H and O–H groups in total. The Bertz CT molecular complexity index is 845. The SMILES string of the molecule is O=C(CCN1C(=O)c2ccccc2C1=O)NCC(=O)NCc1ccccc1. The predicted octanol–water partition coefficient (Wildman–Crippen LogP) is 1.11. The summed E-state index contributed by atoms with van der Waals surface area (Å²) in [6.45, 7) is 0.197. The summed E-state index contributed by atoms with van der Waals surface area (Å²) in [6, 6.07) is 16.0. The van der Waals surface area contributed by atoms with Crippen molar-refractivity contribution in [2.45, 2.75) is 13.0 Å². The van der Waals surface area contributed by atoms with Gasteiger partial charge in [0.1, 0.15) is 0 Å². The third-order valence-corrected chi connectivity index (χ3v) is 4.22. The molecule has 0 spiro atoms. The minimum atomic E-state index is -0.401. The highest BCUT2D eigenvalue weighted by molar-refractivity contribution is 6.21. The van der Waals surface area contributed by atoms with Gasteiger partial charge in [0, 0.05) is 19.5 Å². The van der Waals surface area contributed by atoms with Gasteiger partial charge in [0.15, 0.2) is 0 Å². The van der Waals surface area contributed by atoms with Crippen molar-refractivity contribution in [3.63, 3.8) is 0 Å². The standard InChI is InChI=1S/C20H19N3O4/c24-17(22-13-18(25)21-12-14-6-2-1-3-7-14)10-11-23-19(26)15-8-4-5-9-16(15)20(23)27/h1-9H,10-13H2,(H,21,25)(H,22,24). The van der Waals surface area contributed by atoms with Crippen molar-refractivity contribution in [3.05, 3.63) is 71.3 Å². The van der Waals surface area contributed by atoms with Gasteiger partial charge in [0.05, 0.1) is 17.7 Å². The van der Waals surface area contributed by atoms with Gasteiger partial charge >= 0.3 is 0 Å². The second kappa shape index (κ2) is 8.27. The Morgan fingerprint density at radius 1 is 0.778 bits per heavy atom. The second-order valence-electron chi connectivity index (χ2n) is 6.10. The molecule has 2 aromatic rings. The molecule has 138 valence electrons. The molecule has 1 aliphatic heterocycles. The van der Waals surface area contributed by atoms with E-state index in [1.165, 1.54) is 0 Å². The monoisotopic (exact) mass is 365 g/mol. The van der Waals surface area contributed by atoms with E-state index in [4.69, 9.17) is 0 Å². The molecule has 4 amide bonds. The molecule has 3 rings (SSSR count). The fourth-order valence-electron chi connectivity index (χ4n) is 2.78. The summed E-state index contributed by atoms with van der Waals surface area (Å²) in [5, 5.41) is 5.20. The van der Waals surface area contributed by atoms with E-state index in [2.05, 4.69) is 10.6 Å². The smallest absolute Gasteiger partial charge is 0.261 e. The van der Waals surface area contributed by atoms with Crippen molar-refractivity contribution in [2.75, 3.05) is 13.1 Å². The van der Waals surface area contributed by atoms with Crippen molar-refractivity contribution in [1.29, 1.82) is 0 Å². The topological polar surface area (TPSA) is 95.6 Å². The number of amides is 4. The summed E-state index contributed by atoms with van der Waals surface area (Å²) in [6.07, 6.45) is -0.0581. The number of benzene rings is 2. The van der Waals surface area contributed by atoms with Crippen molar-refractivity contribution < 1.29 is 19.2 Å². The molecule has 1 heterocycles. The van der Waals surface area contributed by atoms with E-state index in [0.29, 0.717) is 17.7 Å². The van der Waals surface area contributed by atoms with Crippen LogP contribution in [0.5, 0.6) is 0 Å². The van der Waals surface area contributed by atoms with Crippen LogP contribution in [0, 0.1) is 0 Å². The first kappa shape index (κ1) is 18.3. The van der Waals surface area contributed by atoms with Gasteiger partial charge in [0.2, 0.25) is 11.8 Å². The van der Waals surface area contributed by atoms with Crippen LogP contribution in [-0.4, -0.2) is 41.6 Å².